The van der Waals surface area contributed by atoms with Gasteiger partial charge < -0.3 is 10.1 Å². The van der Waals surface area contributed by atoms with Crippen molar-refractivity contribution in [3.05, 3.63) is 11.3 Å². The Bertz CT molecular complexity index is 201. The lowest BCUT2D eigenvalue weighted by molar-refractivity contribution is -0.138. The lowest BCUT2D eigenvalue weighted by atomic mass is 10.2. The maximum atomic E-state index is 11.2. The van der Waals surface area contributed by atoms with Crippen molar-refractivity contribution in [2.75, 3.05) is 13.2 Å². The van der Waals surface area contributed by atoms with Gasteiger partial charge in [-0.05, 0) is 26.7 Å². The Morgan fingerprint density at radius 2 is 2.42 bits per heavy atom. The van der Waals surface area contributed by atoms with Crippen LogP contribution in [0.2, 0.25) is 0 Å². The molecule has 0 saturated carbocycles. The Balaban J connectivity index is 2.60. The molecular formula is C9H15NO2. The average Bonchev–Trinajstić information content (AvgIpc) is 2.55. The van der Waals surface area contributed by atoms with Crippen molar-refractivity contribution in [2.45, 2.75) is 26.7 Å². The highest BCUT2D eigenvalue weighted by atomic mass is 16.5. The van der Waals surface area contributed by atoms with Crippen LogP contribution >= 0.6 is 0 Å². The van der Waals surface area contributed by atoms with Crippen LogP contribution in [0.15, 0.2) is 11.3 Å². The second-order valence-electron chi connectivity index (χ2n) is 2.85. The Hall–Kier alpha value is -0.990. The molecule has 1 rings (SSSR count). The molecule has 3 heteroatoms. The summed E-state index contributed by atoms with van der Waals surface area (Å²) in [4.78, 5) is 11.2. The summed E-state index contributed by atoms with van der Waals surface area (Å²) in [6.45, 7) is 5.05. The fourth-order valence-corrected chi connectivity index (χ4v) is 1.28. The van der Waals surface area contributed by atoms with Gasteiger partial charge in [0.15, 0.2) is 0 Å². The van der Waals surface area contributed by atoms with Crippen LogP contribution in [0.5, 0.6) is 0 Å². The molecule has 1 heterocycles. The van der Waals surface area contributed by atoms with E-state index < -0.39 is 0 Å². The molecule has 3 nitrogen and oxygen atoms in total. The molecule has 0 unspecified atom stereocenters. The minimum absolute atomic E-state index is 0.193. The summed E-state index contributed by atoms with van der Waals surface area (Å²) in [5.74, 6) is -0.193. The molecule has 0 aromatic heterocycles. The molecule has 0 aromatic rings. The lowest BCUT2D eigenvalue weighted by Crippen LogP contribution is -2.13. The fourth-order valence-electron chi connectivity index (χ4n) is 1.28. The molecule has 68 valence electrons. The monoisotopic (exact) mass is 169 g/mol. The lowest BCUT2D eigenvalue weighted by Gasteiger charge is -2.05. The highest BCUT2D eigenvalue weighted by Gasteiger charge is 2.14. The van der Waals surface area contributed by atoms with Gasteiger partial charge in [-0.25, -0.2) is 4.79 Å². The van der Waals surface area contributed by atoms with Crippen LogP contribution in [-0.4, -0.2) is 19.1 Å². The quantitative estimate of drug-likeness (QED) is 0.498. The van der Waals surface area contributed by atoms with Crippen molar-refractivity contribution < 1.29 is 9.53 Å². The Morgan fingerprint density at radius 1 is 1.67 bits per heavy atom. The van der Waals surface area contributed by atoms with Crippen molar-refractivity contribution in [1.29, 1.82) is 0 Å². The molecule has 1 aliphatic heterocycles. The topological polar surface area (TPSA) is 38.3 Å². The Labute approximate surface area is 72.8 Å². The molecule has 0 spiro atoms. The smallest absolute Gasteiger partial charge is 0.335 e. The molecule has 0 aromatic carbocycles. The molecule has 1 fully saturated rings. The van der Waals surface area contributed by atoms with E-state index >= 15 is 0 Å². The number of hydrogen-bond donors (Lipinski definition) is 1. The first kappa shape index (κ1) is 9.10. The van der Waals surface area contributed by atoms with Crippen LogP contribution in [-0.2, 0) is 9.53 Å². The van der Waals surface area contributed by atoms with E-state index in [1.807, 2.05) is 13.8 Å². The largest absolute Gasteiger partial charge is 0.463 e. The number of allylic oxidation sites excluding steroid dienone is 1. The van der Waals surface area contributed by atoms with Crippen molar-refractivity contribution in [2.24, 2.45) is 0 Å². The van der Waals surface area contributed by atoms with Gasteiger partial charge >= 0.3 is 5.97 Å². The van der Waals surface area contributed by atoms with Gasteiger partial charge in [0.25, 0.3) is 0 Å². The van der Waals surface area contributed by atoms with Crippen molar-refractivity contribution >= 4 is 5.97 Å². The molecular weight excluding hydrogens is 154 g/mol. The van der Waals surface area contributed by atoms with E-state index in [0.717, 1.165) is 30.7 Å². The van der Waals surface area contributed by atoms with Crippen molar-refractivity contribution in [3.63, 3.8) is 0 Å². The number of esters is 1. The maximum Gasteiger partial charge on any atom is 0.335 e. The first-order chi connectivity index (χ1) is 5.75. The minimum Gasteiger partial charge on any atom is -0.463 e. The number of carbonyl (C=O) groups is 1. The second-order valence-corrected chi connectivity index (χ2v) is 2.85. The molecule has 1 aliphatic rings. The third-order valence-corrected chi connectivity index (χ3v) is 1.98. The third-order valence-electron chi connectivity index (χ3n) is 1.98. The van der Waals surface area contributed by atoms with Gasteiger partial charge in [0.2, 0.25) is 0 Å². The van der Waals surface area contributed by atoms with Crippen LogP contribution in [0, 0.1) is 0 Å². The summed E-state index contributed by atoms with van der Waals surface area (Å²) in [6.07, 6.45) is 2.09. The number of hydrogen-bond acceptors (Lipinski definition) is 3. The third kappa shape index (κ3) is 2.00. The van der Waals surface area contributed by atoms with Crippen LogP contribution < -0.4 is 5.32 Å². The number of carbonyl (C=O) groups excluding carboxylic acids is 1. The summed E-state index contributed by atoms with van der Waals surface area (Å²) >= 11 is 0. The molecule has 0 radical (unpaired) electrons. The Morgan fingerprint density at radius 3 is 2.92 bits per heavy atom. The zero-order chi connectivity index (χ0) is 8.97. The average molecular weight is 169 g/mol. The molecule has 0 aliphatic carbocycles. The van der Waals surface area contributed by atoms with E-state index in [-0.39, 0.29) is 5.97 Å². The standard InChI is InChI=1S/C9H15NO2/c1-3-12-9(11)7(2)8-5-4-6-10-8/h10H,3-6H2,1-2H3/b8-7+. The van der Waals surface area contributed by atoms with Crippen LogP contribution in [0.4, 0.5) is 0 Å². The summed E-state index contributed by atoms with van der Waals surface area (Å²) < 4.78 is 4.88. The van der Waals surface area contributed by atoms with Crippen molar-refractivity contribution in [1.82, 2.24) is 5.32 Å². The normalized spacial score (nSPS) is 20.2. The second kappa shape index (κ2) is 4.14. The van der Waals surface area contributed by atoms with E-state index in [9.17, 15) is 4.79 Å². The van der Waals surface area contributed by atoms with Crippen LogP contribution in [0.1, 0.15) is 26.7 Å². The summed E-state index contributed by atoms with van der Waals surface area (Å²) in [6, 6.07) is 0. The molecule has 0 amide bonds. The summed E-state index contributed by atoms with van der Waals surface area (Å²) in [5.41, 5.74) is 1.78. The van der Waals surface area contributed by atoms with Gasteiger partial charge in [-0.3, -0.25) is 0 Å². The van der Waals surface area contributed by atoms with E-state index in [0.29, 0.717) is 6.61 Å². The molecule has 0 bridgehead atoms. The molecule has 1 N–H and O–H groups in total. The SMILES string of the molecule is CCOC(=O)/C(C)=C1\CCCN1. The number of rotatable bonds is 2. The minimum atomic E-state index is -0.193. The highest BCUT2D eigenvalue weighted by Crippen LogP contribution is 2.14. The zero-order valence-electron chi connectivity index (χ0n) is 7.64. The Kier molecular flexibility index (Phi) is 3.14. The predicted molar refractivity (Wildman–Crippen MR) is 46.6 cm³/mol. The maximum absolute atomic E-state index is 11.2. The van der Waals surface area contributed by atoms with Gasteiger partial charge in [0.1, 0.15) is 0 Å². The van der Waals surface area contributed by atoms with Gasteiger partial charge in [-0.15, -0.1) is 0 Å². The van der Waals surface area contributed by atoms with Gasteiger partial charge in [-0.2, -0.15) is 0 Å². The first-order valence-electron chi connectivity index (χ1n) is 4.36. The van der Waals surface area contributed by atoms with Gasteiger partial charge in [0.05, 0.1) is 12.2 Å². The first-order valence-corrected chi connectivity index (χ1v) is 4.36. The van der Waals surface area contributed by atoms with Crippen molar-refractivity contribution in [3.8, 4) is 0 Å². The molecule has 1 saturated heterocycles. The van der Waals surface area contributed by atoms with Crippen LogP contribution in [0.25, 0.3) is 0 Å². The van der Waals surface area contributed by atoms with Gasteiger partial charge in [-0.1, -0.05) is 0 Å². The highest BCUT2D eigenvalue weighted by molar-refractivity contribution is 5.88. The van der Waals surface area contributed by atoms with E-state index in [4.69, 9.17) is 4.74 Å². The number of nitrogens with one attached hydrogen (secondary N) is 1. The summed E-state index contributed by atoms with van der Waals surface area (Å²) in [5, 5.41) is 3.17. The van der Waals surface area contributed by atoms with Crippen LogP contribution in [0.3, 0.4) is 0 Å². The summed E-state index contributed by atoms with van der Waals surface area (Å²) in [7, 11) is 0. The van der Waals surface area contributed by atoms with Gasteiger partial charge in [0, 0.05) is 12.2 Å². The van der Waals surface area contributed by atoms with E-state index in [1.165, 1.54) is 0 Å². The van der Waals surface area contributed by atoms with E-state index in [2.05, 4.69) is 5.32 Å². The molecule has 12 heavy (non-hydrogen) atoms. The fraction of sp³-hybridized carbons (Fsp3) is 0.667. The zero-order valence-corrected chi connectivity index (χ0v) is 7.64. The number of ether oxygens (including phenoxy) is 1. The predicted octanol–water partition coefficient (Wildman–Crippen LogP) is 1.21. The van der Waals surface area contributed by atoms with E-state index in [1.54, 1.807) is 0 Å². The molecule has 0 atom stereocenters.